The van der Waals surface area contributed by atoms with Crippen LogP contribution >= 0.6 is 0 Å². The van der Waals surface area contributed by atoms with E-state index in [1.54, 1.807) is 13.8 Å². The van der Waals surface area contributed by atoms with Crippen molar-refractivity contribution in [3.8, 4) is 0 Å². The molecule has 0 fully saturated rings. The smallest absolute Gasteiger partial charge is 0.333 e. The van der Waals surface area contributed by atoms with Gasteiger partial charge in [0.2, 0.25) is 0 Å². The molecule has 0 saturated heterocycles. The van der Waals surface area contributed by atoms with Gasteiger partial charge in [0.1, 0.15) is 0 Å². The molecule has 0 amide bonds. The van der Waals surface area contributed by atoms with Gasteiger partial charge < -0.3 is 15.5 Å². The minimum atomic E-state index is -1.31. The van der Waals surface area contributed by atoms with Crippen molar-refractivity contribution in [2.75, 3.05) is 13.1 Å². The molecule has 0 aromatic carbocycles. The molecule has 4 heteroatoms. The number of rotatable bonds is 10. The van der Waals surface area contributed by atoms with Crippen molar-refractivity contribution in [3.05, 3.63) is 0 Å². The van der Waals surface area contributed by atoms with Crippen molar-refractivity contribution < 1.29 is 15.0 Å². The molecule has 0 bridgehead atoms. The first-order chi connectivity index (χ1) is 7.91. The van der Waals surface area contributed by atoms with Gasteiger partial charge in [-0.2, -0.15) is 0 Å². The Morgan fingerprint density at radius 2 is 1.82 bits per heavy atom. The molecule has 17 heavy (non-hydrogen) atoms. The minimum Gasteiger partial charge on any atom is -0.479 e. The second kappa shape index (κ2) is 8.48. The Kier molecular flexibility index (Phi) is 8.17. The molecule has 102 valence electrons. The summed E-state index contributed by atoms with van der Waals surface area (Å²) in [6.07, 6.45) is 4.80. The number of nitrogens with one attached hydrogen (secondary N) is 1. The maximum Gasteiger partial charge on any atom is 0.333 e. The Hall–Kier alpha value is -0.610. The highest BCUT2D eigenvalue weighted by atomic mass is 16.4. The number of hydrogen-bond donors (Lipinski definition) is 3. The number of hydrogen-bond acceptors (Lipinski definition) is 3. The number of carbonyl (C=O) groups is 1. The van der Waals surface area contributed by atoms with Crippen LogP contribution in [0.25, 0.3) is 0 Å². The van der Waals surface area contributed by atoms with E-state index in [2.05, 4.69) is 12.2 Å². The van der Waals surface area contributed by atoms with Crippen LogP contribution in [0.3, 0.4) is 0 Å². The van der Waals surface area contributed by atoms with Crippen LogP contribution in [0.5, 0.6) is 0 Å². The van der Waals surface area contributed by atoms with Gasteiger partial charge in [0, 0.05) is 12.0 Å². The highest BCUT2D eigenvalue weighted by Gasteiger charge is 2.32. The first-order valence-corrected chi connectivity index (χ1v) is 6.53. The topological polar surface area (TPSA) is 69.6 Å². The fourth-order valence-corrected chi connectivity index (χ4v) is 1.70. The lowest BCUT2D eigenvalue weighted by Crippen LogP contribution is -2.43. The third-order valence-electron chi connectivity index (χ3n) is 3.01. The maximum atomic E-state index is 10.7. The van der Waals surface area contributed by atoms with Crippen LogP contribution in [0.1, 0.15) is 52.9 Å². The summed E-state index contributed by atoms with van der Waals surface area (Å²) >= 11 is 0. The number of carboxylic acid groups (broad SMARTS) is 1. The van der Waals surface area contributed by atoms with Gasteiger partial charge in [-0.15, -0.1) is 0 Å². The highest BCUT2D eigenvalue weighted by molar-refractivity contribution is 5.73. The lowest BCUT2D eigenvalue weighted by Gasteiger charge is -2.27. The van der Waals surface area contributed by atoms with E-state index in [4.69, 9.17) is 5.11 Å². The normalized spacial score (nSPS) is 13.6. The molecule has 0 saturated carbocycles. The Morgan fingerprint density at radius 3 is 2.35 bits per heavy atom. The van der Waals surface area contributed by atoms with E-state index >= 15 is 0 Å². The molecule has 3 N–H and O–H groups in total. The highest BCUT2D eigenvalue weighted by Crippen LogP contribution is 2.19. The molecular formula is C13H27NO3. The average Bonchev–Trinajstić information content (AvgIpc) is 2.26. The summed E-state index contributed by atoms with van der Waals surface area (Å²) in [5.74, 6) is -1.15. The predicted octanol–water partition coefficient (Wildman–Crippen LogP) is 2.02. The third-order valence-corrected chi connectivity index (χ3v) is 3.01. The molecule has 0 spiro atoms. The number of carboxylic acids is 1. The number of aliphatic carboxylic acids is 1. The summed E-state index contributed by atoms with van der Waals surface area (Å²) in [5, 5.41) is 21.4. The lowest BCUT2D eigenvalue weighted by molar-refractivity contribution is -0.152. The van der Waals surface area contributed by atoms with Gasteiger partial charge in [-0.3, -0.25) is 0 Å². The summed E-state index contributed by atoms with van der Waals surface area (Å²) < 4.78 is 0. The van der Waals surface area contributed by atoms with Crippen LogP contribution in [0, 0.1) is 5.41 Å². The summed E-state index contributed by atoms with van der Waals surface area (Å²) in [5.41, 5.74) is -0.630. The second-order valence-corrected chi connectivity index (χ2v) is 5.32. The van der Waals surface area contributed by atoms with Crippen molar-refractivity contribution in [1.82, 2.24) is 5.32 Å². The summed E-state index contributed by atoms with van der Waals surface area (Å²) in [7, 11) is 0. The fourth-order valence-electron chi connectivity index (χ4n) is 1.70. The van der Waals surface area contributed by atoms with Crippen LogP contribution in [-0.4, -0.2) is 35.4 Å². The molecule has 0 aliphatic heterocycles. The molecule has 0 aromatic heterocycles. The van der Waals surface area contributed by atoms with E-state index in [1.165, 1.54) is 25.7 Å². The van der Waals surface area contributed by atoms with Gasteiger partial charge in [-0.05, 0) is 13.0 Å². The molecule has 4 nitrogen and oxygen atoms in total. The molecular weight excluding hydrogens is 218 g/mol. The van der Waals surface area contributed by atoms with Gasteiger partial charge >= 0.3 is 5.97 Å². The van der Waals surface area contributed by atoms with Crippen LogP contribution in [0.2, 0.25) is 0 Å². The SMILES string of the molecule is CCCCCCCNCC(C)(C)C(O)C(=O)O. The second-order valence-electron chi connectivity index (χ2n) is 5.32. The van der Waals surface area contributed by atoms with Crippen LogP contribution in [-0.2, 0) is 4.79 Å². The Labute approximate surface area is 104 Å². The van der Waals surface area contributed by atoms with Gasteiger partial charge in [-0.25, -0.2) is 4.79 Å². The van der Waals surface area contributed by atoms with Gasteiger partial charge in [-0.1, -0.05) is 46.5 Å². The largest absolute Gasteiger partial charge is 0.479 e. The predicted molar refractivity (Wildman–Crippen MR) is 69.1 cm³/mol. The first-order valence-electron chi connectivity index (χ1n) is 6.53. The molecule has 0 radical (unpaired) electrons. The zero-order valence-corrected chi connectivity index (χ0v) is 11.3. The lowest BCUT2D eigenvalue weighted by atomic mass is 9.86. The number of aliphatic hydroxyl groups is 1. The van der Waals surface area contributed by atoms with Gasteiger partial charge in [0.25, 0.3) is 0 Å². The van der Waals surface area contributed by atoms with Crippen LogP contribution in [0.4, 0.5) is 0 Å². The molecule has 0 rings (SSSR count). The van der Waals surface area contributed by atoms with E-state index in [0.717, 1.165) is 13.0 Å². The van der Waals surface area contributed by atoms with E-state index in [9.17, 15) is 9.90 Å². The molecule has 1 atom stereocenters. The summed E-state index contributed by atoms with van der Waals surface area (Å²) in [6, 6.07) is 0. The van der Waals surface area contributed by atoms with Crippen LogP contribution < -0.4 is 5.32 Å². The summed E-state index contributed by atoms with van der Waals surface area (Å²) in [6.45, 7) is 7.12. The standard InChI is InChI=1S/C13H27NO3/c1-4-5-6-7-8-9-14-10-13(2,3)11(15)12(16)17/h11,14-15H,4-10H2,1-3H3,(H,16,17). The Balaban J connectivity index is 3.62. The van der Waals surface area contributed by atoms with E-state index in [1.807, 2.05) is 0 Å². The molecule has 0 heterocycles. The van der Waals surface area contributed by atoms with Crippen molar-refractivity contribution in [1.29, 1.82) is 0 Å². The fraction of sp³-hybridized carbons (Fsp3) is 0.923. The average molecular weight is 245 g/mol. The minimum absolute atomic E-state index is 0.522. The quantitative estimate of drug-likeness (QED) is 0.515. The molecule has 1 unspecified atom stereocenters. The molecule has 0 aliphatic carbocycles. The van der Waals surface area contributed by atoms with Crippen molar-refractivity contribution in [2.45, 2.75) is 59.0 Å². The third kappa shape index (κ3) is 7.34. The van der Waals surface area contributed by atoms with Crippen molar-refractivity contribution in [2.24, 2.45) is 5.41 Å². The zero-order chi connectivity index (χ0) is 13.3. The van der Waals surface area contributed by atoms with Gasteiger partial charge in [0.15, 0.2) is 6.10 Å². The maximum absolute atomic E-state index is 10.7. The van der Waals surface area contributed by atoms with Crippen molar-refractivity contribution in [3.63, 3.8) is 0 Å². The molecule has 0 aliphatic rings. The van der Waals surface area contributed by atoms with Gasteiger partial charge in [0.05, 0.1) is 0 Å². The number of aliphatic hydroxyl groups excluding tert-OH is 1. The van der Waals surface area contributed by atoms with E-state index in [0.29, 0.717) is 6.54 Å². The Bertz CT molecular complexity index is 217. The first kappa shape index (κ1) is 16.4. The Morgan fingerprint density at radius 1 is 1.24 bits per heavy atom. The monoisotopic (exact) mass is 245 g/mol. The zero-order valence-electron chi connectivity index (χ0n) is 11.3. The summed E-state index contributed by atoms with van der Waals surface area (Å²) in [4.78, 5) is 10.7. The van der Waals surface area contributed by atoms with E-state index < -0.39 is 17.5 Å². The van der Waals surface area contributed by atoms with E-state index in [-0.39, 0.29) is 0 Å². The van der Waals surface area contributed by atoms with Crippen molar-refractivity contribution >= 4 is 5.97 Å². The van der Waals surface area contributed by atoms with Crippen LogP contribution in [0.15, 0.2) is 0 Å². The number of unbranched alkanes of at least 4 members (excludes halogenated alkanes) is 4. The molecule has 0 aromatic rings.